The van der Waals surface area contributed by atoms with Crippen LogP contribution in [0.15, 0.2) is 18.2 Å². The summed E-state index contributed by atoms with van der Waals surface area (Å²) >= 11 is 0. The zero-order chi connectivity index (χ0) is 15.0. The van der Waals surface area contributed by atoms with Crippen molar-refractivity contribution in [3.8, 4) is 5.75 Å². The minimum Gasteiger partial charge on any atom is -0.496 e. The lowest BCUT2D eigenvalue weighted by Gasteiger charge is -2.18. The van der Waals surface area contributed by atoms with Crippen molar-refractivity contribution < 1.29 is 14.3 Å². The molecule has 0 aromatic heterocycles. The van der Waals surface area contributed by atoms with Crippen LogP contribution in [-0.2, 0) is 11.3 Å². The van der Waals surface area contributed by atoms with E-state index in [1.807, 2.05) is 25.1 Å². The first-order valence-electron chi connectivity index (χ1n) is 6.70. The van der Waals surface area contributed by atoms with E-state index in [1.165, 1.54) is 0 Å². The van der Waals surface area contributed by atoms with E-state index in [9.17, 15) is 4.79 Å². The van der Waals surface area contributed by atoms with Gasteiger partial charge in [0.05, 0.1) is 7.11 Å². The molecule has 5 nitrogen and oxygen atoms in total. The van der Waals surface area contributed by atoms with E-state index in [0.29, 0.717) is 19.7 Å². The second kappa shape index (κ2) is 8.43. The van der Waals surface area contributed by atoms with Gasteiger partial charge < -0.3 is 19.7 Å². The molecule has 0 bridgehead atoms. The van der Waals surface area contributed by atoms with Crippen LogP contribution < -0.4 is 10.1 Å². The van der Waals surface area contributed by atoms with Crippen molar-refractivity contribution in [3.63, 3.8) is 0 Å². The lowest BCUT2D eigenvalue weighted by atomic mass is 10.1. The number of carbonyl (C=O) groups excluding carboxylic acids is 1. The van der Waals surface area contributed by atoms with E-state index < -0.39 is 0 Å². The van der Waals surface area contributed by atoms with E-state index in [2.05, 4.69) is 5.32 Å². The lowest BCUT2D eigenvalue weighted by molar-refractivity contribution is 0.188. The zero-order valence-corrected chi connectivity index (χ0v) is 12.7. The van der Waals surface area contributed by atoms with E-state index in [4.69, 9.17) is 9.47 Å². The average molecular weight is 280 g/mol. The van der Waals surface area contributed by atoms with Gasteiger partial charge in [-0.3, -0.25) is 0 Å². The van der Waals surface area contributed by atoms with Crippen molar-refractivity contribution in [1.29, 1.82) is 0 Å². The third-order valence-corrected chi connectivity index (χ3v) is 3.03. The summed E-state index contributed by atoms with van der Waals surface area (Å²) < 4.78 is 10.2. The Bertz CT molecular complexity index is 435. The largest absolute Gasteiger partial charge is 0.496 e. The fraction of sp³-hybridized carbons (Fsp3) is 0.533. The fourth-order valence-corrected chi connectivity index (χ4v) is 1.93. The SMILES string of the molecule is COCCCNC(=O)N(C)Cc1ccc(OC)c(C)c1. The van der Waals surface area contributed by atoms with Gasteiger partial charge in [0.15, 0.2) is 0 Å². The summed E-state index contributed by atoms with van der Waals surface area (Å²) in [7, 11) is 5.09. The van der Waals surface area contributed by atoms with Gasteiger partial charge in [0.2, 0.25) is 0 Å². The minimum absolute atomic E-state index is 0.0745. The molecule has 0 aliphatic rings. The number of ether oxygens (including phenoxy) is 2. The normalized spacial score (nSPS) is 10.2. The number of nitrogens with one attached hydrogen (secondary N) is 1. The van der Waals surface area contributed by atoms with Crippen LogP contribution in [0.2, 0.25) is 0 Å². The molecule has 2 amide bonds. The van der Waals surface area contributed by atoms with Crippen molar-refractivity contribution in [1.82, 2.24) is 10.2 Å². The second-order valence-electron chi connectivity index (χ2n) is 4.74. The van der Waals surface area contributed by atoms with Crippen LogP contribution in [0, 0.1) is 6.92 Å². The number of methoxy groups -OCH3 is 2. The summed E-state index contributed by atoms with van der Waals surface area (Å²) in [6.07, 6.45) is 0.817. The molecular formula is C15H24N2O3. The Morgan fingerprint density at radius 2 is 2.10 bits per heavy atom. The maximum Gasteiger partial charge on any atom is 0.317 e. The van der Waals surface area contributed by atoms with E-state index in [0.717, 1.165) is 23.3 Å². The van der Waals surface area contributed by atoms with Crippen LogP contribution in [0.25, 0.3) is 0 Å². The van der Waals surface area contributed by atoms with Crippen LogP contribution >= 0.6 is 0 Å². The third-order valence-electron chi connectivity index (χ3n) is 3.03. The first-order chi connectivity index (χ1) is 9.58. The molecule has 1 aromatic carbocycles. The number of hydrogen-bond donors (Lipinski definition) is 1. The summed E-state index contributed by atoms with van der Waals surface area (Å²) in [6.45, 7) is 3.84. The predicted molar refractivity (Wildman–Crippen MR) is 79.1 cm³/mol. The highest BCUT2D eigenvalue weighted by molar-refractivity contribution is 5.73. The molecule has 0 atom stereocenters. The van der Waals surface area contributed by atoms with Gasteiger partial charge in [-0.05, 0) is 30.5 Å². The number of hydrogen-bond acceptors (Lipinski definition) is 3. The monoisotopic (exact) mass is 280 g/mol. The molecule has 0 heterocycles. The zero-order valence-electron chi connectivity index (χ0n) is 12.7. The van der Waals surface area contributed by atoms with Gasteiger partial charge in [0, 0.05) is 33.9 Å². The van der Waals surface area contributed by atoms with E-state index >= 15 is 0 Å². The smallest absolute Gasteiger partial charge is 0.317 e. The summed E-state index contributed by atoms with van der Waals surface area (Å²) in [5.41, 5.74) is 2.15. The van der Waals surface area contributed by atoms with Crippen molar-refractivity contribution in [2.24, 2.45) is 0 Å². The van der Waals surface area contributed by atoms with E-state index in [-0.39, 0.29) is 6.03 Å². The number of carbonyl (C=O) groups is 1. The van der Waals surface area contributed by atoms with Crippen molar-refractivity contribution >= 4 is 6.03 Å². The second-order valence-corrected chi connectivity index (χ2v) is 4.74. The molecule has 0 saturated heterocycles. The Morgan fingerprint density at radius 1 is 1.35 bits per heavy atom. The molecule has 1 N–H and O–H groups in total. The standard InChI is InChI=1S/C15H24N2O3/c1-12-10-13(6-7-14(12)20-4)11-17(2)15(18)16-8-5-9-19-3/h6-7,10H,5,8-9,11H2,1-4H3,(H,16,18). The van der Waals surface area contributed by atoms with Crippen molar-refractivity contribution in [2.75, 3.05) is 34.4 Å². The van der Waals surface area contributed by atoms with Crippen molar-refractivity contribution in [2.45, 2.75) is 19.9 Å². The Morgan fingerprint density at radius 3 is 2.70 bits per heavy atom. The highest BCUT2D eigenvalue weighted by Crippen LogP contribution is 2.19. The molecule has 5 heteroatoms. The van der Waals surface area contributed by atoms with Gasteiger partial charge >= 0.3 is 6.03 Å². The topological polar surface area (TPSA) is 50.8 Å². The molecule has 0 unspecified atom stereocenters. The van der Waals surface area contributed by atoms with E-state index in [1.54, 1.807) is 26.2 Å². The van der Waals surface area contributed by atoms with Gasteiger partial charge in [-0.1, -0.05) is 12.1 Å². The van der Waals surface area contributed by atoms with Crippen LogP contribution in [0.4, 0.5) is 4.79 Å². The minimum atomic E-state index is -0.0745. The highest BCUT2D eigenvalue weighted by Gasteiger charge is 2.09. The Labute approximate surface area is 120 Å². The van der Waals surface area contributed by atoms with Crippen LogP contribution in [0.1, 0.15) is 17.5 Å². The molecule has 112 valence electrons. The molecule has 0 aliphatic carbocycles. The maximum absolute atomic E-state index is 11.9. The van der Waals surface area contributed by atoms with Gasteiger partial charge in [0.1, 0.15) is 5.75 Å². The maximum atomic E-state index is 11.9. The van der Waals surface area contributed by atoms with Crippen LogP contribution in [-0.4, -0.2) is 45.3 Å². The highest BCUT2D eigenvalue weighted by atomic mass is 16.5. The molecule has 0 radical (unpaired) electrons. The number of benzene rings is 1. The lowest BCUT2D eigenvalue weighted by Crippen LogP contribution is -2.37. The number of urea groups is 1. The van der Waals surface area contributed by atoms with Crippen LogP contribution in [0.3, 0.4) is 0 Å². The Kier molecular flexibility index (Phi) is 6.87. The summed E-state index contributed by atoms with van der Waals surface area (Å²) in [5.74, 6) is 0.862. The molecule has 0 saturated carbocycles. The summed E-state index contributed by atoms with van der Waals surface area (Å²) in [4.78, 5) is 13.5. The van der Waals surface area contributed by atoms with Gasteiger partial charge in [-0.25, -0.2) is 4.79 Å². The molecular weight excluding hydrogens is 256 g/mol. The first kappa shape index (κ1) is 16.3. The first-order valence-corrected chi connectivity index (χ1v) is 6.70. The fourth-order valence-electron chi connectivity index (χ4n) is 1.93. The average Bonchev–Trinajstić information content (AvgIpc) is 2.43. The molecule has 1 rings (SSSR count). The van der Waals surface area contributed by atoms with Gasteiger partial charge in [-0.15, -0.1) is 0 Å². The number of rotatable bonds is 7. The van der Waals surface area contributed by atoms with Gasteiger partial charge in [-0.2, -0.15) is 0 Å². The predicted octanol–water partition coefficient (Wildman–Crippen LogP) is 2.18. The number of amides is 2. The summed E-state index contributed by atoms with van der Waals surface area (Å²) in [6, 6.07) is 5.86. The summed E-state index contributed by atoms with van der Waals surface area (Å²) in [5, 5.41) is 2.86. The molecule has 1 aromatic rings. The Hall–Kier alpha value is -1.75. The van der Waals surface area contributed by atoms with Crippen LogP contribution in [0.5, 0.6) is 5.75 Å². The van der Waals surface area contributed by atoms with Gasteiger partial charge in [0.25, 0.3) is 0 Å². The number of nitrogens with zero attached hydrogens (tertiary/aromatic N) is 1. The molecule has 20 heavy (non-hydrogen) atoms. The molecule has 0 fully saturated rings. The molecule has 0 aliphatic heterocycles. The Balaban J connectivity index is 2.46. The number of aryl methyl sites for hydroxylation is 1. The quantitative estimate of drug-likeness (QED) is 0.779. The van der Waals surface area contributed by atoms with Crippen molar-refractivity contribution in [3.05, 3.63) is 29.3 Å². The third kappa shape index (κ3) is 5.09. The molecule has 0 spiro atoms.